The van der Waals surface area contributed by atoms with Crippen LogP contribution in [-0.4, -0.2) is 12.6 Å². The van der Waals surface area contributed by atoms with Gasteiger partial charge in [0, 0.05) is 0 Å². The molecule has 0 bridgehead atoms. The Morgan fingerprint density at radius 1 is 1.67 bits per heavy atom. The summed E-state index contributed by atoms with van der Waals surface area (Å²) in [5.41, 5.74) is 0.877. The van der Waals surface area contributed by atoms with E-state index in [0.29, 0.717) is 0 Å². The van der Waals surface area contributed by atoms with Gasteiger partial charge in [0.15, 0.2) is 0 Å². The molecule has 1 atom stereocenters. The molecule has 0 spiro atoms. The zero-order chi connectivity index (χ0) is 11.8. The van der Waals surface area contributed by atoms with Crippen molar-refractivity contribution in [1.82, 2.24) is 0 Å². The van der Waals surface area contributed by atoms with E-state index in [9.17, 15) is 4.79 Å². The predicted molar refractivity (Wildman–Crippen MR) is 58.9 cm³/mol. The Labute approximate surface area is 91.0 Å². The van der Waals surface area contributed by atoms with Crippen LogP contribution in [0.25, 0.3) is 0 Å². The van der Waals surface area contributed by atoms with Gasteiger partial charge in [-0.3, -0.25) is 0 Å². The number of allylic oxidation sites excluding steroid dienone is 2. The number of carbonyl (C=O) groups is 1. The first-order chi connectivity index (χ1) is 7.08. The quantitative estimate of drug-likeness (QED) is 0.301. The molecule has 0 amide bonds. The molecule has 0 radical (unpaired) electrons. The SMILES string of the molecule is C=CCC(C)C(C)=C(C#N)C(=O)OCC. The normalized spacial score (nSPS) is 13.5. The van der Waals surface area contributed by atoms with E-state index in [0.717, 1.165) is 12.0 Å². The zero-order valence-corrected chi connectivity index (χ0v) is 9.54. The van der Waals surface area contributed by atoms with E-state index >= 15 is 0 Å². The van der Waals surface area contributed by atoms with Gasteiger partial charge in [-0.05, 0) is 31.8 Å². The number of esters is 1. The van der Waals surface area contributed by atoms with E-state index in [2.05, 4.69) is 6.58 Å². The molecule has 0 heterocycles. The van der Waals surface area contributed by atoms with Gasteiger partial charge in [-0.15, -0.1) is 6.58 Å². The topological polar surface area (TPSA) is 50.1 Å². The highest BCUT2D eigenvalue weighted by molar-refractivity contribution is 5.93. The van der Waals surface area contributed by atoms with Gasteiger partial charge >= 0.3 is 5.97 Å². The number of nitrogens with zero attached hydrogens (tertiary/aromatic N) is 1. The Hall–Kier alpha value is -1.56. The number of rotatable bonds is 5. The van der Waals surface area contributed by atoms with Crippen molar-refractivity contribution in [3.63, 3.8) is 0 Å². The molecule has 3 heteroatoms. The molecule has 0 fully saturated rings. The summed E-state index contributed by atoms with van der Waals surface area (Å²) in [5.74, 6) is -0.394. The minimum Gasteiger partial charge on any atom is -0.462 e. The maximum absolute atomic E-state index is 11.4. The van der Waals surface area contributed by atoms with Gasteiger partial charge in [-0.25, -0.2) is 4.79 Å². The number of ether oxygens (including phenoxy) is 1. The molecule has 0 saturated carbocycles. The van der Waals surface area contributed by atoms with Crippen LogP contribution in [0, 0.1) is 17.2 Å². The third-order valence-corrected chi connectivity index (χ3v) is 2.25. The maximum Gasteiger partial charge on any atom is 0.348 e. The molecule has 0 aromatic carbocycles. The van der Waals surface area contributed by atoms with Gasteiger partial charge in [0.1, 0.15) is 11.6 Å². The first-order valence-corrected chi connectivity index (χ1v) is 4.97. The average molecular weight is 207 g/mol. The minimum absolute atomic E-state index is 0.117. The van der Waals surface area contributed by atoms with E-state index in [1.807, 2.05) is 13.0 Å². The Morgan fingerprint density at radius 2 is 2.27 bits per heavy atom. The summed E-state index contributed by atoms with van der Waals surface area (Å²) in [6.45, 7) is 9.36. The Balaban J connectivity index is 4.90. The number of hydrogen-bond acceptors (Lipinski definition) is 3. The van der Waals surface area contributed by atoms with Crippen LogP contribution >= 0.6 is 0 Å². The van der Waals surface area contributed by atoms with Crippen LogP contribution in [0.4, 0.5) is 0 Å². The standard InChI is InChI=1S/C12H17NO2/c1-5-7-9(3)10(4)11(8-13)12(14)15-6-2/h5,9H,1,6-7H2,2-4H3. The molecule has 0 saturated heterocycles. The summed E-state index contributed by atoms with van der Waals surface area (Å²) in [6, 6.07) is 1.90. The Bertz CT molecular complexity index is 310. The lowest BCUT2D eigenvalue weighted by atomic mass is 9.95. The Morgan fingerprint density at radius 3 is 2.67 bits per heavy atom. The highest BCUT2D eigenvalue weighted by Gasteiger charge is 2.16. The summed E-state index contributed by atoms with van der Waals surface area (Å²) in [7, 11) is 0. The third-order valence-electron chi connectivity index (χ3n) is 2.25. The van der Waals surface area contributed by atoms with Crippen LogP contribution in [0.2, 0.25) is 0 Å². The first-order valence-electron chi connectivity index (χ1n) is 4.97. The number of nitriles is 1. The lowest BCUT2D eigenvalue weighted by Gasteiger charge is -2.11. The molecule has 0 rings (SSSR count). The Kier molecular flexibility index (Phi) is 6.12. The second-order valence-corrected chi connectivity index (χ2v) is 3.32. The highest BCUT2D eigenvalue weighted by atomic mass is 16.5. The van der Waals surface area contributed by atoms with E-state index in [1.54, 1.807) is 19.9 Å². The van der Waals surface area contributed by atoms with Crippen molar-refractivity contribution in [2.75, 3.05) is 6.61 Å². The first kappa shape index (κ1) is 13.4. The third kappa shape index (κ3) is 3.99. The molecule has 3 nitrogen and oxygen atoms in total. The van der Waals surface area contributed by atoms with Crippen LogP contribution in [0.5, 0.6) is 0 Å². The van der Waals surface area contributed by atoms with Gasteiger partial charge in [0.05, 0.1) is 6.61 Å². The fourth-order valence-electron chi connectivity index (χ4n) is 1.17. The van der Waals surface area contributed by atoms with Crippen molar-refractivity contribution in [1.29, 1.82) is 5.26 Å². The van der Waals surface area contributed by atoms with Crippen molar-refractivity contribution in [3.05, 3.63) is 23.8 Å². The molecule has 0 N–H and O–H groups in total. The smallest absolute Gasteiger partial charge is 0.348 e. The molecule has 1 unspecified atom stereocenters. The molecule has 0 aromatic rings. The molecule has 0 aliphatic heterocycles. The lowest BCUT2D eigenvalue weighted by Crippen LogP contribution is -2.11. The summed E-state index contributed by atoms with van der Waals surface area (Å²) in [5, 5.41) is 8.88. The predicted octanol–water partition coefficient (Wildman–Crippen LogP) is 2.60. The summed E-state index contributed by atoms with van der Waals surface area (Å²) in [6.07, 6.45) is 2.52. The van der Waals surface area contributed by atoms with Gasteiger partial charge < -0.3 is 4.74 Å². The summed E-state index contributed by atoms with van der Waals surface area (Å²) in [4.78, 5) is 11.4. The molecule has 0 aromatic heterocycles. The van der Waals surface area contributed by atoms with Gasteiger partial charge in [-0.2, -0.15) is 5.26 Å². The van der Waals surface area contributed by atoms with Crippen molar-refractivity contribution >= 4 is 5.97 Å². The summed E-state index contributed by atoms with van der Waals surface area (Å²) >= 11 is 0. The molecular weight excluding hydrogens is 190 g/mol. The van der Waals surface area contributed by atoms with Crippen molar-refractivity contribution in [2.45, 2.75) is 27.2 Å². The molecule has 15 heavy (non-hydrogen) atoms. The van der Waals surface area contributed by atoms with Gasteiger partial charge in [-0.1, -0.05) is 13.0 Å². The number of carbonyl (C=O) groups excluding carboxylic acids is 1. The fourth-order valence-corrected chi connectivity index (χ4v) is 1.17. The second-order valence-electron chi connectivity index (χ2n) is 3.32. The van der Waals surface area contributed by atoms with E-state index in [4.69, 9.17) is 10.00 Å². The second kappa shape index (κ2) is 6.83. The van der Waals surface area contributed by atoms with Gasteiger partial charge in [0.25, 0.3) is 0 Å². The maximum atomic E-state index is 11.4. The van der Waals surface area contributed by atoms with Crippen LogP contribution in [0.15, 0.2) is 23.8 Å². The van der Waals surface area contributed by atoms with Crippen molar-refractivity contribution < 1.29 is 9.53 Å². The highest BCUT2D eigenvalue weighted by Crippen LogP contribution is 2.19. The van der Waals surface area contributed by atoms with Crippen molar-refractivity contribution in [3.8, 4) is 6.07 Å². The van der Waals surface area contributed by atoms with E-state index in [1.165, 1.54) is 0 Å². The zero-order valence-electron chi connectivity index (χ0n) is 9.54. The van der Waals surface area contributed by atoms with E-state index in [-0.39, 0.29) is 18.1 Å². The molecule has 82 valence electrons. The summed E-state index contributed by atoms with van der Waals surface area (Å²) < 4.78 is 4.80. The fraction of sp³-hybridized carbons (Fsp3) is 0.500. The van der Waals surface area contributed by atoms with Crippen LogP contribution in [-0.2, 0) is 9.53 Å². The van der Waals surface area contributed by atoms with Crippen LogP contribution < -0.4 is 0 Å². The molecular formula is C12H17NO2. The molecule has 0 aliphatic carbocycles. The number of hydrogen-bond donors (Lipinski definition) is 0. The van der Waals surface area contributed by atoms with Crippen molar-refractivity contribution in [2.24, 2.45) is 5.92 Å². The van der Waals surface area contributed by atoms with E-state index < -0.39 is 5.97 Å². The van der Waals surface area contributed by atoms with Gasteiger partial charge in [0.2, 0.25) is 0 Å². The minimum atomic E-state index is -0.534. The largest absolute Gasteiger partial charge is 0.462 e. The average Bonchev–Trinajstić information content (AvgIpc) is 2.19. The monoisotopic (exact) mass is 207 g/mol. The van der Waals surface area contributed by atoms with Crippen LogP contribution in [0.1, 0.15) is 27.2 Å². The van der Waals surface area contributed by atoms with Crippen LogP contribution in [0.3, 0.4) is 0 Å². The lowest BCUT2D eigenvalue weighted by molar-refractivity contribution is -0.138. The molecule has 0 aliphatic rings.